The van der Waals surface area contributed by atoms with Crippen LogP contribution in [0.1, 0.15) is 22.8 Å². The van der Waals surface area contributed by atoms with E-state index in [1.165, 1.54) is 6.20 Å². The van der Waals surface area contributed by atoms with E-state index in [1.807, 2.05) is 19.1 Å². The molecule has 6 heteroatoms. The molecule has 0 aromatic carbocycles. The molecule has 0 spiro atoms. The minimum Gasteiger partial charge on any atom is -0.370 e. The van der Waals surface area contributed by atoms with E-state index in [9.17, 15) is 4.79 Å². The Labute approximate surface area is 128 Å². The average Bonchev–Trinajstić information content (AvgIpc) is 2.50. The number of anilines is 1. The molecule has 0 aliphatic carbocycles. The smallest absolute Gasteiger partial charge is 0.253 e. The Hall–Kier alpha value is -2.14. The second-order valence-corrected chi connectivity index (χ2v) is 4.85. The zero-order valence-corrected chi connectivity index (χ0v) is 12.5. The van der Waals surface area contributed by atoms with Crippen LogP contribution in [0.3, 0.4) is 0 Å². The lowest BCUT2D eigenvalue weighted by atomic mass is 10.2. The van der Waals surface area contributed by atoms with Crippen molar-refractivity contribution < 1.29 is 4.79 Å². The molecule has 21 heavy (non-hydrogen) atoms. The third-order valence-corrected chi connectivity index (χ3v) is 3.21. The van der Waals surface area contributed by atoms with Gasteiger partial charge < -0.3 is 10.6 Å². The molecule has 2 N–H and O–H groups in total. The van der Waals surface area contributed by atoms with Crippen molar-refractivity contribution in [1.82, 2.24) is 15.3 Å². The molecule has 2 rings (SSSR count). The number of nitrogens with zero attached hydrogens (tertiary/aromatic N) is 2. The van der Waals surface area contributed by atoms with Crippen molar-refractivity contribution in [2.45, 2.75) is 13.3 Å². The predicted octanol–water partition coefficient (Wildman–Crippen LogP) is 2.53. The molecule has 0 bridgehead atoms. The summed E-state index contributed by atoms with van der Waals surface area (Å²) in [5, 5.41) is 6.26. The van der Waals surface area contributed by atoms with Gasteiger partial charge in [0.25, 0.3) is 5.91 Å². The monoisotopic (exact) mass is 304 g/mol. The number of amides is 1. The van der Waals surface area contributed by atoms with Gasteiger partial charge in [0.05, 0.1) is 10.6 Å². The molecule has 5 nitrogen and oxygen atoms in total. The molecule has 0 aliphatic heterocycles. The lowest BCUT2D eigenvalue weighted by molar-refractivity contribution is 0.0954. The second kappa shape index (κ2) is 7.59. The van der Waals surface area contributed by atoms with E-state index in [2.05, 4.69) is 20.6 Å². The maximum Gasteiger partial charge on any atom is 0.253 e. The molecule has 110 valence electrons. The Morgan fingerprint density at radius 3 is 2.81 bits per heavy atom. The summed E-state index contributed by atoms with van der Waals surface area (Å²) in [6.45, 7) is 3.24. The molecule has 0 radical (unpaired) electrons. The first-order chi connectivity index (χ1) is 10.2. The van der Waals surface area contributed by atoms with Crippen LogP contribution in [-0.2, 0) is 6.42 Å². The SMILES string of the molecule is CCNc1cc(C(=O)NCCc2ccncc2)c(Cl)cn1. The Kier molecular flexibility index (Phi) is 5.51. The fourth-order valence-electron chi connectivity index (χ4n) is 1.86. The van der Waals surface area contributed by atoms with Crippen molar-refractivity contribution >= 4 is 23.3 Å². The molecular weight excluding hydrogens is 288 g/mol. The lowest BCUT2D eigenvalue weighted by Gasteiger charge is -2.09. The highest BCUT2D eigenvalue weighted by Crippen LogP contribution is 2.17. The van der Waals surface area contributed by atoms with Gasteiger partial charge in [-0.05, 0) is 37.1 Å². The fourth-order valence-corrected chi connectivity index (χ4v) is 2.04. The largest absolute Gasteiger partial charge is 0.370 e. The third-order valence-electron chi connectivity index (χ3n) is 2.91. The second-order valence-electron chi connectivity index (χ2n) is 4.44. The van der Waals surface area contributed by atoms with Gasteiger partial charge in [0.15, 0.2) is 0 Å². The molecular formula is C15H17ClN4O. The quantitative estimate of drug-likeness (QED) is 0.860. The van der Waals surface area contributed by atoms with Crippen LogP contribution >= 0.6 is 11.6 Å². The number of halogens is 1. The molecule has 0 unspecified atom stereocenters. The van der Waals surface area contributed by atoms with Crippen LogP contribution in [0.4, 0.5) is 5.82 Å². The predicted molar refractivity (Wildman–Crippen MR) is 83.7 cm³/mol. The van der Waals surface area contributed by atoms with Crippen LogP contribution in [-0.4, -0.2) is 29.0 Å². The highest BCUT2D eigenvalue weighted by atomic mass is 35.5. The molecule has 2 aromatic rings. The molecule has 1 amide bonds. The Balaban J connectivity index is 1.95. The van der Waals surface area contributed by atoms with Gasteiger partial charge in [-0.15, -0.1) is 0 Å². The van der Waals surface area contributed by atoms with Gasteiger partial charge >= 0.3 is 0 Å². The summed E-state index contributed by atoms with van der Waals surface area (Å²) >= 11 is 6.03. The number of hydrogen-bond acceptors (Lipinski definition) is 4. The van der Waals surface area contributed by atoms with Gasteiger partial charge in [-0.1, -0.05) is 11.6 Å². The number of aromatic nitrogens is 2. The van der Waals surface area contributed by atoms with Gasteiger partial charge in [0, 0.05) is 31.7 Å². The maximum absolute atomic E-state index is 12.1. The summed E-state index contributed by atoms with van der Waals surface area (Å²) in [7, 11) is 0. The van der Waals surface area contributed by atoms with Crippen molar-refractivity contribution in [3.63, 3.8) is 0 Å². The minimum atomic E-state index is -0.199. The van der Waals surface area contributed by atoms with Crippen LogP contribution < -0.4 is 10.6 Å². The number of rotatable bonds is 6. The molecule has 0 fully saturated rings. The highest BCUT2D eigenvalue weighted by Gasteiger charge is 2.11. The van der Waals surface area contributed by atoms with Crippen LogP contribution in [0.15, 0.2) is 36.8 Å². The van der Waals surface area contributed by atoms with Gasteiger partial charge in [0.1, 0.15) is 5.82 Å². The lowest BCUT2D eigenvalue weighted by Crippen LogP contribution is -2.26. The van der Waals surface area contributed by atoms with E-state index in [4.69, 9.17) is 11.6 Å². The summed E-state index contributed by atoms with van der Waals surface area (Å²) in [6, 6.07) is 5.51. The van der Waals surface area contributed by atoms with Crippen LogP contribution in [0, 0.1) is 0 Å². The van der Waals surface area contributed by atoms with Crippen molar-refractivity contribution in [1.29, 1.82) is 0 Å². The average molecular weight is 305 g/mol. The van der Waals surface area contributed by atoms with E-state index >= 15 is 0 Å². The van der Waals surface area contributed by atoms with Crippen molar-refractivity contribution in [3.05, 3.63) is 52.9 Å². The molecule has 0 saturated heterocycles. The number of hydrogen-bond donors (Lipinski definition) is 2. The van der Waals surface area contributed by atoms with Crippen molar-refractivity contribution in [3.8, 4) is 0 Å². The molecule has 2 heterocycles. The van der Waals surface area contributed by atoms with E-state index in [0.29, 0.717) is 22.9 Å². The first kappa shape index (κ1) is 15.3. The van der Waals surface area contributed by atoms with Gasteiger partial charge in [-0.25, -0.2) is 4.98 Å². The first-order valence-electron chi connectivity index (χ1n) is 6.77. The van der Waals surface area contributed by atoms with E-state index < -0.39 is 0 Å². The van der Waals surface area contributed by atoms with E-state index in [1.54, 1.807) is 18.5 Å². The highest BCUT2D eigenvalue weighted by molar-refractivity contribution is 6.33. The van der Waals surface area contributed by atoms with Crippen LogP contribution in [0.25, 0.3) is 0 Å². The standard InChI is InChI=1S/C15H17ClN4O/c1-2-18-14-9-12(13(16)10-20-14)15(21)19-8-5-11-3-6-17-7-4-11/h3-4,6-7,9-10H,2,5,8H2,1H3,(H,18,20)(H,19,21). The van der Waals surface area contributed by atoms with Crippen molar-refractivity contribution in [2.24, 2.45) is 0 Å². The van der Waals surface area contributed by atoms with Crippen molar-refractivity contribution in [2.75, 3.05) is 18.4 Å². The number of nitrogens with one attached hydrogen (secondary N) is 2. The summed E-state index contributed by atoms with van der Waals surface area (Å²) in [4.78, 5) is 20.2. The topological polar surface area (TPSA) is 66.9 Å². The van der Waals surface area contributed by atoms with Gasteiger partial charge in [0.2, 0.25) is 0 Å². The zero-order chi connectivity index (χ0) is 15.1. The molecule has 2 aromatic heterocycles. The number of pyridine rings is 2. The summed E-state index contributed by atoms with van der Waals surface area (Å²) in [5.74, 6) is 0.441. The van der Waals surface area contributed by atoms with E-state index in [0.717, 1.165) is 18.5 Å². The maximum atomic E-state index is 12.1. The zero-order valence-electron chi connectivity index (χ0n) is 11.8. The first-order valence-corrected chi connectivity index (χ1v) is 7.15. The van der Waals surface area contributed by atoms with Gasteiger partial charge in [-0.2, -0.15) is 0 Å². The number of carbonyl (C=O) groups is 1. The molecule has 0 aliphatic rings. The summed E-state index contributed by atoms with van der Waals surface area (Å²) in [5.41, 5.74) is 1.55. The Morgan fingerprint density at radius 2 is 2.10 bits per heavy atom. The molecule has 0 saturated carbocycles. The normalized spacial score (nSPS) is 10.2. The fraction of sp³-hybridized carbons (Fsp3) is 0.267. The summed E-state index contributed by atoms with van der Waals surface area (Å²) < 4.78 is 0. The Morgan fingerprint density at radius 1 is 1.33 bits per heavy atom. The van der Waals surface area contributed by atoms with Gasteiger partial charge in [-0.3, -0.25) is 9.78 Å². The molecule has 0 atom stereocenters. The minimum absolute atomic E-state index is 0.199. The van der Waals surface area contributed by atoms with Crippen LogP contribution in [0.2, 0.25) is 5.02 Å². The Bertz CT molecular complexity index is 604. The van der Waals surface area contributed by atoms with E-state index in [-0.39, 0.29) is 5.91 Å². The van der Waals surface area contributed by atoms with Crippen LogP contribution in [0.5, 0.6) is 0 Å². The number of carbonyl (C=O) groups excluding carboxylic acids is 1. The summed E-state index contributed by atoms with van der Waals surface area (Å²) in [6.07, 6.45) is 5.70. The third kappa shape index (κ3) is 4.43.